The molecule has 5 nitrogen and oxygen atoms in total. The second-order valence-corrected chi connectivity index (χ2v) is 5.38. The number of aromatic nitrogens is 2. The van der Waals surface area contributed by atoms with Crippen molar-refractivity contribution in [3.63, 3.8) is 0 Å². The molecule has 1 fully saturated rings. The molecular formula is C14H21N5. The minimum Gasteiger partial charge on any atom is -0.368 e. The summed E-state index contributed by atoms with van der Waals surface area (Å²) in [7, 11) is 0. The maximum absolute atomic E-state index is 8.81. The average Bonchev–Trinajstić information content (AvgIpc) is 2.39. The summed E-state index contributed by atoms with van der Waals surface area (Å²) in [4.78, 5) is 10.8. The van der Waals surface area contributed by atoms with Gasteiger partial charge in [-0.25, -0.2) is 9.97 Å². The Balaban J connectivity index is 2.06. The van der Waals surface area contributed by atoms with E-state index in [1.807, 2.05) is 6.07 Å². The van der Waals surface area contributed by atoms with Crippen LogP contribution in [0.2, 0.25) is 0 Å². The van der Waals surface area contributed by atoms with Gasteiger partial charge in [0.1, 0.15) is 18.0 Å². The summed E-state index contributed by atoms with van der Waals surface area (Å²) in [6.07, 6.45) is 4.52. The first-order chi connectivity index (χ1) is 9.19. The maximum atomic E-state index is 8.81. The predicted molar refractivity (Wildman–Crippen MR) is 76.0 cm³/mol. The molecule has 1 aliphatic heterocycles. The van der Waals surface area contributed by atoms with Crippen molar-refractivity contribution in [3.05, 3.63) is 12.4 Å². The molecule has 0 amide bonds. The Morgan fingerprint density at radius 2 is 2.37 bits per heavy atom. The van der Waals surface area contributed by atoms with Crippen molar-refractivity contribution in [3.8, 4) is 6.07 Å². The summed E-state index contributed by atoms with van der Waals surface area (Å²) >= 11 is 0. The predicted octanol–water partition coefficient (Wildman–Crippen LogP) is 2.43. The molecule has 1 unspecified atom stereocenters. The largest absolute Gasteiger partial charge is 0.368 e. The Morgan fingerprint density at radius 3 is 3.11 bits per heavy atom. The number of nitrogens with zero attached hydrogens (tertiary/aromatic N) is 4. The quantitative estimate of drug-likeness (QED) is 0.899. The second kappa shape index (κ2) is 6.37. The van der Waals surface area contributed by atoms with Gasteiger partial charge in [-0.1, -0.05) is 0 Å². The van der Waals surface area contributed by atoms with E-state index in [9.17, 15) is 0 Å². The lowest BCUT2D eigenvalue weighted by atomic mass is 9.95. The highest BCUT2D eigenvalue weighted by atomic mass is 15.2. The monoisotopic (exact) mass is 259 g/mol. The fourth-order valence-corrected chi connectivity index (χ4v) is 2.46. The zero-order valence-electron chi connectivity index (χ0n) is 11.6. The SMILES string of the molecule is CC(C)Nc1cc(N2CCCC(CC#N)C2)ncn1. The first-order valence-electron chi connectivity index (χ1n) is 6.89. The summed E-state index contributed by atoms with van der Waals surface area (Å²) in [5, 5.41) is 12.1. The number of rotatable bonds is 4. The fraction of sp³-hybridized carbons (Fsp3) is 0.643. The topological polar surface area (TPSA) is 64.8 Å². The molecular weight excluding hydrogens is 238 g/mol. The van der Waals surface area contributed by atoms with Gasteiger partial charge in [0.05, 0.1) is 6.07 Å². The smallest absolute Gasteiger partial charge is 0.134 e. The number of nitriles is 1. The Bertz CT molecular complexity index is 451. The van der Waals surface area contributed by atoms with Crippen molar-refractivity contribution in [2.75, 3.05) is 23.3 Å². The number of hydrogen-bond acceptors (Lipinski definition) is 5. The van der Waals surface area contributed by atoms with Gasteiger partial charge in [0.25, 0.3) is 0 Å². The van der Waals surface area contributed by atoms with Gasteiger partial charge in [0.15, 0.2) is 0 Å². The van der Waals surface area contributed by atoms with E-state index >= 15 is 0 Å². The van der Waals surface area contributed by atoms with Gasteiger partial charge in [0, 0.05) is 31.6 Å². The highest BCUT2D eigenvalue weighted by Gasteiger charge is 2.21. The fourth-order valence-electron chi connectivity index (χ4n) is 2.46. The van der Waals surface area contributed by atoms with E-state index < -0.39 is 0 Å². The standard InChI is InChI=1S/C14H21N5/c1-11(2)18-13-8-14(17-10-16-13)19-7-3-4-12(9-19)5-6-15/h8,10-12H,3-5,7,9H2,1-2H3,(H,16,17,18). The van der Waals surface area contributed by atoms with Crippen molar-refractivity contribution < 1.29 is 0 Å². The molecule has 5 heteroatoms. The normalized spacial score (nSPS) is 19.3. The van der Waals surface area contributed by atoms with Crippen LogP contribution in [0.15, 0.2) is 12.4 Å². The van der Waals surface area contributed by atoms with Crippen molar-refractivity contribution in [1.82, 2.24) is 9.97 Å². The van der Waals surface area contributed by atoms with Gasteiger partial charge in [0.2, 0.25) is 0 Å². The van der Waals surface area contributed by atoms with Crippen LogP contribution in [0.25, 0.3) is 0 Å². The van der Waals surface area contributed by atoms with Gasteiger partial charge in [-0.3, -0.25) is 0 Å². The third-order valence-corrected chi connectivity index (χ3v) is 3.31. The maximum Gasteiger partial charge on any atom is 0.134 e. The van der Waals surface area contributed by atoms with Crippen molar-refractivity contribution in [2.45, 2.75) is 39.2 Å². The Hall–Kier alpha value is -1.83. The average molecular weight is 259 g/mol. The van der Waals surface area contributed by atoms with E-state index in [2.05, 4.69) is 40.1 Å². The van der Waals surface area contributed by atoms with E-state index in [1.54, 1.807) is 6.33 Å². The summed E-state index contributed by atoms with van der Waals surface area (Å²) in [6, 6.07) is 4.63. The van der Waals surface area contributed by atoms with Crippen molar-refractivity contribution in [1.29, 1.82) is 5.26 Å². The minimum absolute atomic E-state index is 0.357. The van der Waals surface area contributed by atoms with Crippen LogP contribution in [0.3, 0.4) is 0 Å². The van der Waals surface area contributed by atoms with E-state index in [0.29, 0.717) is 18.4 Å². The number of nitrogens with one attached hydrogen (secondary N) is 1. The summed E-state index contributed by atoms with van der Waals surface area (Å²) < 4.78 is 0. The van der Waals surface area contributed by atoms with Crippen molar-refractivity contribution >= 4 is 11.6 Å². The van der Waals surface area contributed by atoms with E-state index in [4.69, 9.17) is 5.26 Å². The molecule has 0 bridgehead atoms. The molecule has 2 heterocycles. The number of hydrogen-bond donors (Lipinski definition) is 1. The van der Waals surface area contributed by atoms with Crippen LogP contribution in [-0.2, 0) is 0 Å². The molecule has 0 radical (unpaired) electrons. The van der Waals surface area contributed by atoms with E-state index in [0.717, 1.165) is 37.6 Å². The van der Waals surface area contributed by atoms with Gasteiger partial charge in [-0.2, -0.15) is 5.26 Å². The Labute approximate surface area is 114 Å². The van der Waals surface area contributed by atoms with Crippen LogP contribution in [0.5, 0.6) is 0 Å². The third kappa shape index (κ3) is 3.82. The zero-order valence-corrected chi connectivity index (χ0v) is 11.6. The highest BCUT2D eigenvalue weighted by Crippen LogP contribution is 2.24. The summed E-state index contributed by atoms with van der Waals surface area (Å²) in [5.74, 6) is 2.29. The third-order valence-electron chi connectivity index (χ3n) is 3.31. The first kappa shape index (κ1) is 13.6. The van der Waals surface area contributed by atoms with Crippen LogP contribution in [0, 0.1) is 17.2 Å². The van der Waals surface area contributed by atoms with E-state index in [1.165, 1.54) is 0 Å². The lowest BCUT2D eigenvalue weighted by molar-refractivity contribution is 0.420. The highest BCUT2D eigenvalue weighted by molar-refractivity contribution is 5.49. The minimum atomic E-state index is 0.357. The molecule has 1 saturated heterocycles. The summed E-state index contributed by atoms with van der Waals surface area (Å²) in [6.45, 7) is 6.11. The molecule has 2 rings (SSSR count). The molecule has 0 spiro atoms. The molecule has 0 saturated carbocycles. The lowest BCUT2D eigenvalue weighted by Gasteiger charge is -2.32. The molecule has 0 aliphatic carbocycles. The second-order valence-electron chi connectivity index (χ2n) is 5.38. The van der Waals surface area contributed by atoms with Crippen LogP contribution in [0.1, 0.15) is 33.1 Å². The van der Waals surface area contributed by atoms with Gasteiger partial charge < -0.3 is 10.2 Å². The molecule has 0 aromatic carbocycles. The number of anilines is 2. The molecule has 1 atom stereocenters. The van der Waals surface area contributed by atoms with Gasteiger partial charge in [-0.15, -0.1) is 0 Å². The van der Waals surface area contributed by atoms with Crippen LogP contribution in [-0.4, -0.2) is 29.1 Å². The van der Waals surface area contributed by atoms with Crippen LogP contribution >= 0.6 is 0 Å². The molecule has 1 aliphatic rings. The Kier molecular flexibility index (Phi) is 4.56. The molecule has 102 valence electrons. The molecule has 1 aromatic rings. The van der Waals surface area contributed by atoms with Crippen LogP contribution in [0.4, 0.5) is 11.6 Å². The van der Waals surface area contributed by atoms with Crippen LogP contribution < -0.4 is 10.2 Å². The molecule has 1 N–H and O–H groups in total. The molecule has 1 aromatic heterocycles. The Morgan fingerprint density at radius 1 is 1.53 bits per heavy atom. The molecule has 19 heavy (non-hydrogen) atoms. The lowest BCUT2D eigenvalue weighted by Crippen LogP contribution is -2.35. The first-order valence-corrected chi connectivity index (χ1v) is 6.89. The van der Waals surface area contributed by atoms with Gasteiger partial charge in [-0.05, 0) is 32.6 Å². The van der Waals surface area contributed by atoms with Gasteiger partial charge >= 0.3 is 0 Å². The van der Waals surface area contributed by atoms with E-state index in [-0.39, 0.29) is 0 Å². The number of piperidine rings is 1. The summed E-state index contributed by atoms with van der Waals surface area (Å²) in [5.41, 5.74) is 0. The zero-order chi connectivity index (χ0) is 13.7. The van der Waals surface area contributed by atoms with Crippen molar-refractivity contribution in [2.24, 2.45) is 5.92 Å².